The van der Waals surface area contributed by atoms with Gasteiger partial charge in [-0.1, -0.05) is 51.5 Å². The van der Waals surface area contributed by atoms with Crippen LogP contribution in [0.2, 0.25) is 0 Å². The Labute approximate surface area is 143 Å². The Morgan fingerprint density at radius 2 is 1.79 bits per heavy atom. The second-order valence-corrected chi connectivity index (χ2v) is 6.30. The van der Waals surface area contributed by atoms with Crippen LogP contribution < -0.4 is 0 Å². The number of hydrogen-bond acceptors (Lipinski definition) is 1. The Balaban J connectivity index is 3.07. The maximum Gasteiger partial charge on any atom is 0.426 e. The number of nitrogens with zero attached hydrogens (tertiary/aromatic N) is 2. The molecule has 0 unspecified atom stereocenters. The molecule has 0 heterocycles. The molecule has 0 radical (unpaired) electrons. The normalized spacial score (nSPS) is 17.2. The van der Waals surface area contributed by atoms with Crippen molar-refractivity contribution in [1.29, 1.82) is 0 Å². The first-order valence-electron chi connectivity index (χ1n) is 8.51. The molecule has 0 N–H and O–H groups in total. The first-order valence-corrected chi connectivity index (χ1v) is 8.51. The Hall–Kier alpha value is -1.65. The van der Waals surface area contributed by atoms with E-state index in [2.05, 4.69) is 23.0 Å². The van der Waals surface area contributed by atoms with Crippen LogP contribution in [-0.4, -0.2) is 24.8 Å². The molecule has 0 spiro atoms. The predicted octanol–water partition coefficient (Wildman–Crippen LogP) is 6.07. The number of amidine groups is 1. The number of hydrogen-bond donors (Lipinski definition) is 0. The minimum absolute atomic E-state index is 0.0201. The molecule has 0 aliphatic heterocycles. The van der Waals surface area contributed by atoms with Crippen LogP contribution in [-0.2, 0) is 0 Å². The molecule has 1 fully saturated rings. The zero-order valence-corrected chi connectivity index (χ0v) is 15.0. The Morgan fingerprint density at radius 1 is 1.12 bits per heavy atom. The lowest BCUT2D eigenvalue weighted by Gasteiger charge is -2.07. The summed E-state index contributed by atoms with van der Waals surface area (Å²) in [5.41, 5.74) is 3.33. The van der Waals surface area contributed by atoms with Gasteiger partial charge in [-0.2, -0.15) is 13.2 Å². The van der Waals surface area contributed by atoms with E-state index < -0.39 is 6.18 Å². The van der Waals surface area contributed by atoms with Crippen LogP contribution in [0.3, 0.4) is 0 Å². The lowest BCUT2D eigenvalue weighted by atomic mass is 10.1. The molecule has 0 amide bonds. The maximum atomic E-state index is 12.5. The second-order valence-electron chi connectivity index (χ2n) is 6.30. The average molecular weight is 340 g/mol. The van der Waals surface area contributed by atoms with Gasteiger partial charge in [0.15, 0.2) is 0 Å². The van der Waals surface area contributed by atoms with Crippen molar-refractivity contribution in [2.45, 2.75) is 59.6 Å². The van der Waals surface area contributed by atoms with Gasteiger partial charge in [0.05, 0.1) is 0 Å². The monoisotopic (exact) mass is 340 g/mol. The van der Waals surface area contributed by atoms with E-state index in [-0.39, 0.29) is 18.0 Å². The van der Waals surface area contributed by atoms with Crippen LogP contribution in [0, 0.1) is 5.92 Å². The molecule has 0 aromatic heterocycles. The summed E-state index contributed by atoms with van der Waals surface area (Å²) < 4.78 is 37.4. The summed E-state index contributed by atoms with van der Waals surface area (Å²) in [6.07, 6.45) is 5.36. The third-order valence-electron chi connectivity index (χ3n) is 3.44. The van der Waals surface area contributed by atoms with Gasteiger partial charge in [-0.15, -0.1) is 0 Å². The van der Waals surface area contributed by atoms with Crippen molar-refractivity contribution in [3.8, 4) is 0 Å². The molecule has 1 aliphatic carbocycles. The number of aliphatic imine (C=N–C) groups is 2. The molecule has 0 bridgehead atoms. The fourth-order valence-electron chi connectivity index (χ4n) is 1.93. The Morgan fingerprint density at radius 3 is 2.25 bits per heavy atom. The Bertz CT molecular complexity index is 556. The largest absolute Gasteiger partial charge is 0.426 e. The van der Waals surface area contributed by atoms with Crippen LogP contribution in [0.4, 0.5) is 13.2 Å². The third kappa shape index (κ3) is 8.85. The molecule has 1 rings (SSSR count). The van der Waals surface area contributed by atoms with E-state index in [0.717, 1.165) is 24.8 Å². The summed E-state index contributed by atoms with van der Waals surface area (Å²) in [6.45, 7) is 8.37. The van der Waals surface area contributed by atoms with E-state index in [4.69, 9.17) is 0 Å². The van der Waals surface area contributed by atoms with Crippen LogP contribution in [0.15, 0.2) is 44.9 Å². The smallest absolute Gasteiger partial charge is 0.266 e. The highest BCUT2D eigenvalue weighted by Gasteiger charge is 2.24. The zero-order chi connectivity index (χ0) is 18.2. The summed E-state index contributed by atoms with van der Waals surface area (Å²) in [7, 11) is 0. The summed E-state index contributed by atoms with van der Waals surface area (Å²) in [5.74, 6) is 0.440. The molecule has 0 atom stereocenters. The summed E-state index contributed by atoms with van der Waals surface area (Å²) >= 11 is 0. The lowest BCUT2D eigenvalue weighted by molar-refractivity contribution is -0.0534. The number of rotatable bonds is 7. The van der Waals surface area contributed by atoms with Crippen molar-refractivity contribution in [3.05, 3.63) is 34.9 Å². The van der Waals surface area contributed by atoms with E-state index >= 15 is 0 Å². The van der Waals surface area contributed by atoms with E-state index in [0.29, 0.717) is 13.0 Å². The van der Waals surface area contributed by atoms with Crippen LogP contribution >= 0.6 is 0 Å². The van der Waals surface area contributed by atoms with Gasteiger partial charge in [0, 0.05) is 6.54 Å². The molecule has 0 saturated heterocycles. The first kappa shape index (κ1) is 20.4. The van der Waals surface area contributed by atoms with Gasteiger partial charge in [0.25, 0.3) is 0 Å². The van der Waals surface area contributed by atoms with Gasteiger partial charge in [-0.05, 0) is 42.7 Å². The fraction of sp³-hybridized carbons (Fsp3) is 0.579. The molecular weight excluding hydrogens is 313 g/mol. The Kier molecular flexibility index (Phi) is 8.16. The number of allylic oxidation sites excluding steroid dienone is 5. The van der Waals surface area contributed by atoms with Crippen molar-refractivity contribution >= 4 is 12.1 Å². The van der Waals surface area contributed by atoms with Gasteiger partial charge in [0.2, 0.25) is 0 Å². The molecule has 1 saturated carbocycles. The third-order valence-corrected chi connectivity index (χ3v) is 3.44. The van der Waals surface area contributed by atoms with Crippen molar-refractivity contribution in [3.63, 3.8) is 0 Å². The minimum atomic E-state index is -4.43. The molecule has 24 heavy (non-hydrogen) atoms. The highest BCUT2D eigenvalue weighted by molar-refractivity contribution is 6.03. The van der Waals surface area contributed by atoms with Gasteiger partial charge in [-0.25, -0.2) is 4.99 Å². The van der Waals surface area contributed by atoms with E-state index in [1.807, 2.05) is 32.9 Å². The highest BCUT2D eigenvalue weighted by atomic mass is 19.4. The molecule has 0 aromatic rings. The predicted molar refractivity (Wildman–Crippen MR) is 95.8 cm³/mol. The van der Waals surface area contributed by atoms with Gasteiger partial charge < -0.3 is 0 Å². The first-order chi connectivity index (χ1) is 11.2. The molecule has 5 heteroatoms. The van der Waals surface area contributed by atoms with Crippen molar-refractivity contribution in [2.24, 2.45) is 15.9 Å². The molecule has 134 valence electrons. The number of alkyl halides is 3. The van der Waals surface area contributed by atoms with Crippen LogP contribution in [0.25, 0.3) is 0 Å². The SMILES string of the molecule is CC\C(C=C1CC1)=C/C=C(CC)/C(=N/CC(C)C)/N=C/C(F)(F)F. The summed E-state index contributed by atoms with van der Waals surface area (Å²) in [4.78, 5) is 7.88. The average Bonchev–Trinajstić information content (AvgIpc) is 3.30. The lowest BCUT2D eigenvalue weighted by Crippen LogP contribution is -2.12. The standard InChI is InChI=1S/C19H27F3N2/c1-5-15(11-16-7-8-16)9-10-17(6-2)18(23-12-14(3)4)24-13-19(20,21)22/h9-11,13-14H,5-8,12H2,1-4H3/b15-9+,17-10+,23-18-,24-13+. The van der Waals surface area contributed by atoms with Crippen LogP contribution in [0.5, 0.6) is 0 Å². The van der Waals surface area contributed by atoms with Crippen molar-refractivity contribution in [2.75, 3.05) is 6.54 Å². The van der Waals surface area contributed by atoms with Crippen molar-refractivity contribution in [1.82, 2.24) is 0 Å². The molecular formula is C19H27F3N2. The minimum Gasteiger partial charge on any atom is -0.266 e. The molecule has 1 aliphatic rings. The second kappa shape index (κ2) is 9.60. The van der Waals surface area contributed by atoms with E-state index in [9.17, 15) is 13.2 Å². The fourth-order valence-corrected chi connectivity index (χ4v) is 1.93. The topological polar surface area (TPSA) is 24.7 Å². The quantitative estimate of drug-likeness (QED) is 0.305. The van der Waals surface area contributed by atoms with E-state index in [1.165, 1.54) is 11.1 Å². The zero-order valence-electron chi connectivity index (χ0n) is 15.0. The molecule has 2 nitrogen and oxygen atoms in total. The van der Waals surface area contributed by atoms with Gasteiger partial charge in [-0.3, -0.25) is 4.99 Å². The van der Waals surface area contributed by atoms with Gasteiger partial charge in [0.1, 0.15) is 12.1 Å². The molecule has 0 aromatic carbocycles. The number of halogens is 3. The van der Waals surface area contributed by atoms with Crippen molar-refractivity contribution < 1.29 is 13.2 Å². The van der Waals surface area contributed by atoms with E-state index in [1.54, 1.807) is 0 Å². The maximum absolute atomic E-state index is 12.5. The van der Waals surface area contributed by atoms with Crippen LogP contribution in [0.1, 0.15) is 53.4 Å². The summed E-state index contributed by atoms with van der Waals surface area (Å²) in [5, 5.41) is 0. The summed E-state index contributed by atoms with van der Waals surface area (Å²) in [6, 6.07) is 0. The van der Waals surface area contributed by atoms with Gasteiger partial charge >= 0.3 is 6.18 Å². The highest BCUT2D eigenvalue weighted by Crippen LogP contribution is 2.29.